The van der Waals surface area contributed by atoms with Crippen molar-refractivity contribution in [2.24, 2.45) is 11.7 Å². The molecule has 4 nitrogen and oxygen atoms in total. The maximum absolute atomic E-state index is 12.6. The molecule has 0 spiro atoms. The summed E-state index contributed by atoms with van der Waals surface area (Å²) in [7, 11) is 0. The molecule has 0 aliphatic heterocycles. The Bertz CT molecular complexity index is 419. The van der Waals surface area contributed by atoms with Crippen molar-refractivity contribution < 1.29 is 13.2 Å². The first kappa shape index (κ1) is 14.3. The predicted molar refractivity (Wildman–Crippen MR) is 64.3 cm³/mol. The van der Waals surface area contributed by atoms with E-state index in [1.165, 1.54) is 6.33 Å². The topological polar surface area (TPSA) is 56.7 Å². The van der Waals surface area contributed by atoms with Crippen LogP contribution in [0.15, 0.2) is 6.33 Å². The van der Waals surface area contributed by atoms with Gasteiger partial charge in [-0.25, -0.2) is 4.98 Å². The highest BCUT2D eigenvalue weighted by Crippen LogP contribution is 2.41. The van der Waals surface area contributed by atoms with Crippen LogP contribution in [-0.4, -0.2) is 26.5 Å². The number of nitrogens with zero attached hydrogens (tertiary/aromatic N) is 3. The number of hydrogen-bond acceptors (Lipinski definition) is 3. The molecule has 0 aromatic carbocycles. The summed E-state index contributed by atoms with van der Waals surface area (Å²) < 4.78 is 39.6. The van der Waals surface area contributed by atoms with Gasteiger partial charge in [-0.3, -0.25) is 4.68 Å². The van der Waals surface area contributed by atoms with Gasteiger partial charge in [0.25, 0.3) is 0 Å². The quantitative estimate of drug-likeness (QED) is 0.921. The zero-order chi connectivity index (χ0) is 14.1. The van der Waals surface area contributed by atoms with Crippen LogP contribution >= 0.6 is 0 Å². The fourth-order valence-electron chi connectivity index (χ4n) is 2.70. The fourth-order valence-corrected chi connectivity index (χ4v) is 2.70. The second-order valence-electron chi connectivity index (χ2n) is 5.35. The SMILES string of the molecule is CCn1ncnc1CC1(N)CCC(C(F)(F)F)CC1. The van der Waals surface area contributed by atoms with Crippen molar-refractivity contribution in [1.29, 1.82) is 0 Å². The minimum atomic E-state index is -4.09. The van der Waals surface area contributed by atoms with E-state index in [4.69, 9.17) is 5.73 Å². The summed E-state index contributed by atoms with van der Waals surface area (Å²) in [6, 6.07) is 0. The smallest absolute Gasteiger partial charge is 0.325 e. The maximum Gasteiger partial charge on any atom is 0.391 e. The third kappa shape index (κ3) is 3.26. The standard InChI is InChI=1S/C12H19F3N4/c1-2-19-10(17-8-18-19)7-11(16)5-3-9(4-6-11)12(13,14)15/h8-9H,2-7,16H2,1H3. The molecule has 0 amide bonds. The summed E-state index contributed by atoms with van der Waals surface area (Å²) >= 11 is 0. The molecule has 0 bridgehead atoms. The third-order valence-electron chi connectivity index (χ3n) is 3.95. The van der Waals surface area contributed by atoms with Crippen molar-refractivity contribution in [1.82, 2.24) is 14.8 Å². The second kappa shape index (κ2) is 5.11. The number of nitrogens with two attached hydrogens (primary N) is 1. The van der Waals surface area contributed by atoms with Gasteiger partial charge in [-0.1, -0.05) is 0 Å². The van der Waals surface area contributed by atoms with Crippen LogP contribution in [0, 0.1) is 5.92 Å². The highest BCUT2D eigenvalue weighted by atomic mass is 19.4. The monoisotopic (exact) mass is 276 g/mol. The lowest BCUT2D eigenvalue weighted by molar-refractivity contribution is -0.184. The van der Waals surface area contributed by atoms with E-state index < -0.39 is 17.6 Å². The highest BCUT2D eigenvalue weighted by Gasteiger charge is 2.44. The Labute approximate surface area is 110 Å². The van der Waals surface area contributed by atoms with Gasteiger partial charge in [0.1, 0.15) is 12.2 Å². The van der Waals surface area contributed by atoms with Gasteiger partial charge in [-0.2, -0.15) is 18.3 Å². The molecule has 1 fully saturated rings. The molecule has 1 aliphatic carbocycles. The molecule has 0 saturated heterocycles. The molecule has 0 atom stereocenters. The fraction of sp³-hybridized carbons (Fsp3) is 0.833. The molecular formula is C12H19F3N4. The summed E-state index contributed by atoms with van der Waals surface area (Å²) in [6.07, 6.45) is -1.15. The largest absolute Gasteiger partial charge is 0.391 e. The summed E-state index contributed by atoms with van der Waals surface area (Å²) in [5.74, 6) is -0.441. The zero-order valence-electron chi connectivity index (χ0n) is 11.0. The van der Waals surface area contributed by atoms with E-state index in [2.05, 4.69) is 10.1 Å². The number of hydrogen-bond donors (Lipinski definition) is 1. The molecule has 2 rings (SSSR count). The van der Waals surface area contributed by atoms with Crippen LogP contribution in [-0.2, 0) is 13.0 Å². The van der Waals surface area contributed by atoms with E-state index in [1.807, 2.05) is 6.92 Å². The van der Waals surface area contributed by atoms with Gasteiger partial charge in [0.15, 0.2) is 0 Å². The minimum Gasteiger partial charge on any atom is -0.325 e. The minimum absolute atomic E-state index is 0.111. The molecule has 2 N–H and O–H groups in total. The third-order valence-corrected chi connectivity index (χ3v) is 3.95. The van der Waals surface area contributed by atoms with Crippen molar-refractivity contribution in [3.8, 4) is 0 Å². The molecule has 7 heteroatoms. The Morgan fingerprint density at radius 3 is 2.58 bits per heavy atom. The van der Waals surface area contributed by atoms with Crippen LogP contribution in [0.2, 0.25) is 0 Å². The molecule has 108 valence electrons. The van der Waals surface area contributed by atoms with Gasteiger partial charge < -0.3 is 5.73 Å². The molecule has 1 aliphatic rings. The maximum atomic E-state index is 12.6. The Morgan fingerprint density at radius 2 is 2.05 bits per heavy atom. The van der Waals surface area contributed by atoms with E-state index in [9.17, 15) is 13.2 Å². The summed E-state index contributed by atoms with van der Waals surface area (Å²) in [5.41, 5.74) is 5.65. The average Bonchev–Trinajstić information content (AvgIpc) is 2.75. The number of aromatic nitrogens is 3. The summed E-state index contributed by atoms with van der Waals surface area (Å²) in [4.78, 5) is 4.14. The molecule has 19 heavy (non-hydrogen) atoms. The Morgan fingerprint density at radius 1 is 1.42 bits per heavy atom. The molecule has 1 aromatic heterocycles. The molecular weight excluding hydrogens is 257 g/mol. The molecule has 0 unspecified atom stereocenters. The van der Waals surface area contributed by atoms with Crippen molar-refractivity contribution in [3.63, 3.8) is 0 Å². The van der Waals surface area contributed by atoms with Gasteiger partial charge in [-0.15, -0.1) is 0 Å². The highest BCUT2D eigenvalue weighted by molar-refractivity contribution is 5.00. The normalized spacial score (nSPS) is 28.6. The summed E-state index contributed by atoms with van der Waals surface area (Å²) in [6.45, 7) is 2.64. The number of alkyl halides is 3. The molecule has 1 heterocycles. The van der Waals surface area contributed by atoms with Gasteiger partial charge >= 0.3 is 6.18 Å². The van der Waals surface area contributed by atoms with Crippen LogP contribution in [0.1, 0.15) is 38.4 Å². The van der Waals surface area contributed by atoms with Crippen LogP contribution < -0.4 is 5.73 Å². The first-order valence-corrected chi connectivity index (χ1v) is 6.56. The number of rotatable bonds is 3. The lowest BCUT2D eigenvalue weighted by atomic mass is 9.75. The molecule has 1 saturated carbocycles. The predicted octanol–water partition coefficient (Wildman–Crippen LogP) is 2.29. The average molecular weight is 276 g/mol. The van der Waals surface area contributed by atoms with E-state index in [1.54, 1.807) is 4.68 Å². The lowest BCUT2D eigenvalue weighted by Gasteiger charge is -2.37. The van der Waals surface area contributed by atoms with Gasteiger partial charge in [0.2, 0.25) is 0 Å². The van der Waals surface area contributed by atoms with E-state index in [0.29, 0.717) is 25.8 Å². The Kier molecular flexibility index (Phi) is 3.85. The van der Waals surface area contributed by atoms with Crippen molar-refractivity contribution >= 4 is 0 Å². The van der Waals surface area contributed by atoms with Crippen LogP contribution in [0.5, 0.6) is 0 Å². The van der Waals surface area contributed by atoms with E-state index >= 15 is 0 Å². The Balaban J connectivity index is 1.99. The van der Waals surface area contributed by atoms with E-state index in [0.717, 1.165) is 5.82 Å². The van der Waals surface area contributed by atoms with Crippen molar-refractivity contribution in [2.45, 2.75) is 57.3 Å². The number of halogens is 3. The van der Waals surface area contributed by atoms with Crippen molar-refractivity contribution in [2.75, 3.05) is 0 Å². The summed E-state index contributed by atoms with van der Waals surface area (Å²) in [5, 5.41) is 4.06. The van der Waals surface area contributed by atoms with Crippen LogP contribution in [0.4, 0.5) is 13.2 Å². The second-order valence-corrected chi connectivity index (χ2v) is 5.35. The van der Waals surface area contributed by atoms with Gasteiger partial charge in [-0.05, 0) is 32.6 Å². The lowest BCUT2D eigenvalue weighted by Crippen LogP contribution is -2.47. The van der Waals surface area contributed by atoms with Crippen LogP contribution in [0.3, 0.4) is 0 Å². The van der Waals surface area contributed by atoms with E-state index in [-0.39, 0.29) is 12.8 Å². The first-order chi connectivity index (χ1) is 8.84. The number of aryl methyl sites for hydroxylation is 1. The molecule has 0 radical (unpaired) electrons. The van der Waals surface area contributed by atoms with Crippen molar-refractivity contribution in [3.05, 3.63) is 12.2 Å². The van der Waals surface area contributed by atoms with Gasteiger partial charge in [0.05, 0.1) is 5.92 Å². The first-order valence-electron chi connectivity index (χ1n) is 6.56. The van der Waals surface area contributed by atoms with Gasteiger partial charge in [0, 0.05) is 18.5 Å². The Hall–Kier alpha value is -1.11. The zero-order valence-corrected chi connectivity index (χ0v) is 11.0. The van der Waals surface area contributed by atoms with Crippen LogP contribution in [0.25, 0.3) is 0 Å². The molecule has 1 aromatic rings.